The number of nitrogens with zero attached hydrogens (tertiary/aromatic N) is 3. The number of benzene rings is 2. The lowest BCUT2D eigenvalue weighted by Crippen LogP contribution is -2.44. The Morgan fingerprint density at radius 1 is 0.929 bits per heavy atom. The molecule has 4 rings (SSSR count). The third kappa shape index (κ3) is 3.92. The number of piperazine rings is 1. The van der Waals surface area contributed by atoms with Gasteiger partial charge in [0, 0.05) is 49.4 Å². The van der Waals surface area contributed by atoms with Crippen LogP contribution in [0.25, 0.3) is 11.4 Å². The fourth-order valence-electron chi connectivity index (χ4n) is 3.82. The highest BCUT2D eigenvalue weighted by Crippen LogP contribution is 2.28. The average Bonchev–Trinajstić information content (AvgIpc) is 2.73. The minimum Gasteiger partial charge on any atom is -0.354 e. The molecule has 1 aromatic heterocycles. The molecule has 1 N–H and O–H groups in total. The van der Waals surface area contributed by atoms with Crippen LogP contribution in [0.15, 0.2) is 48.5 Å². The van der Waals surface area contributed by atoms with Gasteiger partial charge in [0.25, 0.3) is 0 Å². The van der Waals surface area contributed by atoms with Gasteiger partial charge in [0.1, 0.15) is 5.82 Å². The number of aryl methyl sites for hydroxylation is 3. The van der Waals surface area contributed by atoms with Crippen molar-refractivity contribution in [2.24, 2.45) is 0 Å². The molecular weight excluding hydrogens is 344 g/mol. The van der Waals surface area contributed by atoms with Crippen molar-refractivity contribution in [3.63, 3.8) is 0 Å². The molecule has 1 fully saturated rings. The lowest BCUT2D eigenvalue weighted by molar-refractivity contribution is 0.583. The molecule has 1 aliphatic rings. The molecule has 0 bridgehead atoms. The Bertz CT molecular complexity index is 960. The van der Waals surface area contributed by atoms with Crippen molar-refractivity contribution < 1.29 is 0 Å². The van der Waals surface area contributed by atoms with E-state index >= 15 is 0 Å². The van der Waals surface area contributed by atoms with Gasteiger partial charge in [-0.25, -0.2) is 9.97 Å². The summed E-state index contributed by atoms with van der Waals surface area (Å²) in [6, 6.07) is 17.0. The van der Waals surface area contributed by atoms with Crippen LogP contribution in [0, 0.1) is 20.8 Å². The molecule has 0 saturated carbocycles. The second kappa shape index (κ2) is 8.11. The molecule has 2 heterocycles. The van der Waals surface area contributed by atoms with Gasteiger partial charge in [-0.3, -0.25) is 0 Å². The molecule has 0 radical (unpaired) electrons. The van der Waals surface area contributed by atoms with Gasteiger partial charge >= 0.3 is 0 Å². The van der Waals surface area contributed by atoms with Crippen LogP contribution >= 0.6 is 0 Å². The van der Waals surface area contributed by atoms with Crippen molar-refractivity contribution in [2.75, 3.05) is 31.1 Å². The van der Waals surface area contributed by atoms with Crippen LogP contribution in [0.5, 0.6) is 0 Å². The Kier molecular flexibility index (Phi) is 5.40. The first kappa shape index (κ1) is 18.6. The van der Waals surface area contributed by atoms with Crippen LogP contribution in [0.1, 0.15) is 27.9 Å². The van der Waals surface area contributed by atoms with E-state index in [1.807, 2.05) is 18.2 Å². The van der Waals surface area contributed by atoms with Crippen molar-refractivity contribution in [1.82, 2.24) is 15.3 Å². The lowest BCUT2D eigenvalue weighted by Gasteiger charge is -2.31. The maximum absolute atomic E-state index is 5.06. The second-order valence-electron chi connectivity index (χ2n) is 7.64. The maximum atomic E-state index is 5.06. The Morgan fingerprint density at radius 2 is 1.68 bits per heavy atom. The summed E-state index contributed by atoms with van der Waals surface area (Å²) in [7, 11) is 0. The zero-order valence-corrected chi connectivity index (χ0v) is 17.0. The first-order chi connectivity index (χ1) is 13.6. The zero-order valence-electron chi connectivity index (χ0n) is 17.0. The molecule has 4 heteroatoms. The number of anilines is 1. The monoisotopic (exact) mass is 372 g/mol. The van der Waals surface area contributed by atoms with Crippen molar-refractivity contribution >= 4 is 5.82 Å². The summed E-state index contributed by atoms with van der Waals surface area (Å²) in [5, 5.41) is 3.45. The lowest BCUT2D eigenvalue weighted by atomic mass is 9.97. The molecule has 0 atom stereocenters. The molecule has 2 aromatic carbocycles. The number of aromatic nitrogens is 2. The number of hydrogen-bond acceptors (Lipinski definition) is 4. The van der Waals surface area contributed by atoms with Crippen molar-refractivity contribution in [3.05, 3.63) is 76.5 Å². The smallest absolute Gasteiger partial charge is 0.161 e. The molecule has 1 saturated heterocycles. The number of rotatable bonds is 4. The first-order valence-electron chi connectivity index (χ1n) is 10.1. The van der Waals surface area contributed by atoms with Crippen LogP contribution in [0.3, 0.4) is 0 Å². The molecular formula is C24H28N4. The normalized spacial score (nSPS) is 14.3. The topological polar surface area (TPSA) is 41.1 Å². The van der Waals surface area contributed by atoms with E-state index in [4.69, 9.17) is 9.97 Å². The average molecular weight is 373 g/mol. The van der Waals surface area contributed by atoms with E-state index in [0.717, 1.165) is 55.5 Å². The van der Waals surface area contributed by atoms with Gasteiger partial charge in [-0.15, -0.1) is 0 Å². The fourth-order valence-corrected chi connectivity index (χ4v) is 3.82. The van der Waals surface area contributed by atoms with E-state index in [1.165, 1.54) is 22.3 Å². The Balaban J connectivity index is 1.80. The minimum atomic E-state index is 0.816. The third-order valence-corrected chi connectivity index (χ3v) is 5.51. The Labute approximate surface area is 167 Å². The molecule has 0 aliphatic carbocycles. The van der Waals surface area contributed by atoms with Crippen molar-refractivity contribution in [3.8, 4) is 11.4 Å². The van der Waals surface area contributed by atoms with Crippen LogP contribution < -0.4 is 10.2 Å². The van der Waals surface area contributed by atoms with E-state index in [-0.39, 0.29) is 0 Å². The largest absolute Gasteiger partial charge is 0.354 e. The molecule has 0 spiro atoms. The minimum absolute atomic E-state index is 0.816. The quantitative estimate of drug-likeness (QED) is 0.750. The van der Waals surface area contributed by atoms with Crippen molar-refractivity contribution in [2.45, 2.75) is 27.2 Å². The van der Waals surface area contributed by atoms with E-state index in [0.29, 0.717) is 0 Å². The Hall–Kier alpha value is -2.72. The van der Waals surface area contributed by atoms with Gasteiger partial charge in [-0.2, -0.15) is 0 Å². The van der Waals surface area contributed by atoms with Gasteiger partial charge in [-0.1, -0.05) is 54.1 Å². The molecule has 0 unspecified atom stereocenters. The van der Waals surface area contributed by atoms with Gasteiger partial charge < -0.3 is 10.2 Å². The molecule has 1 aliphatic heterocycles. The third-order valence-electron chi connectivity index (χ3n) is 5.51. The predicted octanol–water partition coefficient (Wildman–Crippen LogP) is 4.07. The summed E-state index contributed by atoms with van der Waals surface area (Å²) in [5.74, 6) is 1.91. The summed E-state index contributed by atoms with van der Waals surface area (Å²) in [6.07, 6.45) is 0.869. The summed E-state index contributed by atoms with van der Waals surface area (Å²) < 4.78 is 0. The molecule has 144 valence electrons. The fraction of sp³-hybridized carbons (Fsp3) is 0.333. The summed E-state index contributed by atoms with van der Waals surface area (Å²) in [4.78, 5) is 12.4. The van der Waals surface area contributed by atoms with Gasteiger partial charge in [0.05, 0.1) is 0 Å². The highest BCUT2D eigenvalue weighted by Gasteiger charge is 2.20. The maximum Gasteiger partial charge on any atom is 0.161 e. The van der Waals surface area contributed by atoms with Gasteiger partial charge in [-0.05, 0) is 31.9 Å². The van der Waals surface area contributed by atoms with E-state index in [9.17, 15) is 0 Å². The standard InChI is InChI=1S/C24H28N4/c1-17-9-10-18(2)21(15-17)16-22-19(3)26-23(20-7-5-4-6-8-20)27-24(22)28-13-11-25-12-14-28/h4-10,15,25H,11-14,16H2,1-3H3. The first-order valence-corrected chi connectivity index (χ1v) is 10.1. The summed E-state index contributed by atoms with van der Waals surface area (Å²) in [6.45, 7) is 10.4. The van der Waals surface area contributed by atoms with Crippen molar-refractivity contribution in [1.29, 1.82) is 0 Å². The van der Waals surface area contributed by atoms with E-state index in [2.05, 4.69) is 61.3 Å². The predicted molar refractivity (Wildman–Crippen MR) is 116 cm³/mol. The van der Waals surface area contributed by atoms with Crippen LogP contribution in [-0.4, -0.2) is 36.1 Å². The molecule has 3 aromatic rings. The molecule has 28 heavy (non-hydrogen) atoms. The highest BCUT2D eigenvalue weighted by atomic mass is 15.2. The summed E-state index contributed by atoms with van der Waals surface area (Å²) in [5.41, 5.74) is 7.36. The van der Waals surface area contributed by atoms with E-state index in [1.54, 1.807) is 0 Å². The summed E-state index contributed by atoms with van der Waals surface area (Å²) >= 11 is 0. The van der Waals surface area contributed by atoms with Gasteiger partial charge in [0.2, 0.25) is 0 Å². The van der Waals surface area contributed by atoms with Crippen LogP contribution in [0.4, 0.5) is 5.82 Å². The second-order valence-corrected chi connectivity index (χ2v) is 7.64. The van der Waals surface area contributed by atoms with E-state index < -0.39 is 0 Å². The van der Waals surface area contributed by atoms with Crippen LogP contribution in [-0.2, 0) is 6.42 Å². The zero-order chi connectivity index (χ0) is 19.5. The molecule has 0 amide bonds. The Morgan fingerprint density at radius 3 is 2.43 bits per heavy atom. The number of nitrogens with one attached hydrogen (secondary N) is 1. The number of hydrogen-bond donors (Lipinski definition) is 1. The van der Waals surface area contributed by atoms with Crippen LogP contribution in [0.2, 0.25) is 0 Å². The van der Waals surface area contributed by atoms with Gasteiger partial charge in [0.15, 0.2) is 5.82 Å². The highest BCUT2D eigenvalue weighted by molar-refractivity contribution is 5.61. The molecule has 4 nitrogen and oxygen atoms in total. The SMILES string of the molecule is Cc1ccc(C)c(Cc2c(C)nc(-c3ccccc3)nc2N2CCNCC2)c1.